The van der Waals surface area contributed by atoms with Crippen molar-refractivity contribution in [2.24, 2.45) is 5.92 Å². The maximum absolute atomic E-state index is 13.2. The van der Waals surface area contributed by atoms with E-state index in [2.05, 4.69) is 23.7 Å². The molecule has 12 nitrogen and oxygen atoms in total. The quantitative estimate of drug-likeness (QED) is 0.185. The highest BCUT2D eigenvalue weighted by atomic mass is 16.5. The van der Waals surface area contributed by atoms with Gasteiger partial charge in [0.2, 0.25) is 5.91 Å². The molecule has 5 aliphatic rings. The van der Waals surface area contributed by atoms with E-state index in [4.69, 9.17) is 9.47 Å². The van der Waals surface area contributed by atoms with Gasteiger partial charge in [0.15, 0.2) is 0 Å². The number of hydrogen-bond donors (Lipinski definition) is 8. The van der Waals surface area contributed by atoms with E-state index in [9.17, 15) is 45.6 Å². The van der Waals surface area contributed by atoms with Crippen molar-refractivity contribution >= 4 is 5.91 Å². The Balaban J connectivity index is 1.21. The van der Waals surface area contributed by atoms with E-state index in [1.165, 1.54) is 0 Å². The Bertz CT molecular complexity index is 1740. The maximum atomic E-state index is 13.2. The molecule has 0 radical (unpaired) electrons. The van der Waals surface area contributed by atoms with Crippen LogP contribution in [0.4, 0.5) is 0 Å². The summed E-state index contributed by atoms with van der Waals surface area (Å²) in [7, 11) is 0. The summed E-state index contributed by atoms with van der Waals surface area (Å²) in [5.74, 6) is 12.3. The average Bonchev–Trinajstić information content (AvgIpc) is 3.37. The molecule has 1 spiro atoms. The predicted octanol–water partition coefficient (Wildman–Crippen LogP) is -0.846. The molecule has 0 unspecified atom stereocenters. The van der Waals surface area contributed by atoms with Crippen LogP contribution < -0.4 is 0 Å². The lowest BCUT2D eigenvalue weighted by Crippen LogP contribution is -2.58. The zero-order valence-corrected chi connectivity index (χ0v) is 28.1. The molecule has 272 valence electrons. The monoisotopic (exact) mass is 703 g/mol. The van der Waals surface area contributed by atoms with Gasteiger partial charge in [-0.05, 0) is 78.6 Å². The smallest absolute Gasteiger partial charge is 0.225 e. The van der Waals surface area contributed by atoms with Crippen LogP contribution in [0, 0.1) is 29.6 Å². The number of ether oxygens (including phenoxy) is 2. The molecule has 3 aliphatic heterocycles. The number of hydrogen-bond acceptors (Lipinski definition) is 11. The van der Waals surface area contributed by atoms with Crippen LogP contribution in [-0.2, 0) is 19.7 Å². The number of benzene rings is 2. The van der Waals surface area contributed by atoms with Gasteiger partial charge in [-0.3, -0.25) is 4.79 Å². The summed E-state index contributed by atoms with van der Waals surface area (Å²) in [6.07, 6.45) is -8.50. The number of aliphatic hydroxyl groups excluding tert-OH is 8. The van der Waals surface area contributed by atoms with Crippen molar-refractivity contribution in [3.8, 4) is 34.8 Å². The van der Waals surface area contributed by atoms with Gasteiger partial charge in [0, 0.05) is 42.2 Å². The van der Waals surface area contributed by atoms with E-state index in [0.717, 1.165) is 41.5 Å². The lowest BCUT2D eigenvalue weighted by Gasteiger charge is -2.43. The molecule has 3 saturated heterocycles. The summed E-state index contributed by atoms with van der Waals surface area (Å²) in [4.78, 5) is 15.2. The molecule has 0 bridgehead atoms. The number of aliphatic hydroxyl groups is 8. The van der Waals surface area contributed by atoms with E-state index in [1.54, 1.807) is 0 Å². The third-order valence-corrected chi connectivity index (χ3v) is 11.5. The highest BCUT2D eigenvalue weighted by molar-refractivity contribution is 5.84. The summed E-state index contributed by atoms with van der Waals surface area (Å²) in [5, 5.41) is 81.1. The minimum absolute atomic E-state index is 0.0813. The number of rotatable bonds is 4. The fourth-order valence-electron chi connectivity index (χ4n) is 8.18. The Hall–Kier alpha value is -3.37. The Morgan fingerprint density at radius 2 is 1.24 bits per heavy atom. The lowest BCUT2D eigenvalue weighted by atomic mass is 9.70. The number of carbonyl (C=O) groups is 1. The summed E-state index contributed by atoms with van der Waals surface area (Å²) < 4.78 is 11.4. The molecular weight excluding hydrogens is 658 g/mol. The molecule has 2 aromatic rings. The molecule has 7 rings (SSSR count). The Morgan fingerprint density at radius 3 is 1.71 bits per heavy atom. The Labute approximate surface area is 296 Å². The number of amides is 1. The van der Waals surface area contributed by atoms with Crippen molar-refractivity contribution in [3.05, 3.63) is 58.7 Å². The first-order chi connectivity index (χ1) is 24.6. The molecule has 12 heteroatoms. The van der Waals surface area contributed by atoms with Gasteiger partial charge in [-0.1, -0.05) is 42.2 Å². The first-order valence-corrected chi connectivity index (χ1v) is 17.8. The first-order valence-electron chi connectivity index (χ1n) is 17.8. The molecule has 1 amide bonds. The van der Waals surface area contributed by atoms with Crippen molar-refractivity contribution in [1.29, 1.82) is 0 Å². The summed E-state index contributed by atoms with van der Waals surface area (Å²) in [6, 6.07) is 11.8. The van der Waals surface area contributed by atoms with Gasteiger partial charge in [-0.15, -0.1) is 0 Å². The lowest BCUT2D eigenvalue weighted by molar-refractivity contribution is -0.214. The van der Waals surface area contributed by atoms with Gasteiger partial charge in [-0.25, -0.2) is 0 Å². The number of nitrogens with zero attached hydrogens (tertiary/aromatic N) is 1. The predicted molar refractivity (Wildman–Crippen MR) is 182 cm³/mol. The number of fused-ring (bicyclic) bond motifs is 5. The van der Waals surface area contributed by atoms with Gasteiger partial charge in [0.05, 0.1) is 12.7 Å². The Morgan fingerprint density at radius 1 is 0.725 bits per heavy atom. The van der Waals surface area contributed by atoms with Crippen LogP contribution in [0.2, 0.25) is 0 Å². The number of likely N-dealkylation sites (tertiary alicyclic amines) is 1. The van der Waals surface area contributed by atoms with Gasteiger partial charge < -0.3 is 55.2 Å². The molecule has 51 heavy (non-hydrogen) atoms. The number of piperidine rings is 1. The van der Waals surface area contributed by atoms with Crippen molar-refractivity contribution in [1.82, 2.24) is 4.90 Å². The van der Waals surface area contributed by atoms with Crippen LogP contribution >= 0.6 is 0 Å². The third-order valence-electron chi connectivity index (χ3n) is 11.5. The van der Waals surface area contributed by atoms with Crippen molar-refractivity contribution < 1.29 is 55.1 Å². The molecule has 3 heterocycles. The van der Waals surface area contributed by atoms with Crippen molar-refractivity contribution in [2.75, 3.05) is 26.3 Å². The van der Waals surface area contributed by atoms with E-state index in [0.29, 0.717) is 37.1 Å². The van der Waals surface area contributed by atoms with E-state index in [1.807, 2.05) is 41.3 Å². The van der Waals surface area contributed by atoms with Gasteiger partial charge in [0.1, 0.15) is 54.9 Å². The third kappa shape index (κ3) is 6.49. The fourth-order valence-corrected chi connectivity index (χ4v) is 8.18. The SMILES string of the molecule is O=C(C1CCC1)N1CCC2(CC1)c1cc(C#C[C@H]3O[C@H](CO)[C@@H](O)[C@H](O)[C@@H]3O)ccc1-c1ccc(C#C[C@H]3O[C@H](CCO)[C@@H](O)[C@H](O)[C@@H]3O)cc12. The molecule has 2 aliphatic carbocycles. The molecule has 10 atom stereocenters. The maximum Gasteiger partial charge on any atom is 0.225 e. The fraction of sp³-hybridized carbons (Fsp3) is 0.564. The van der Waals surface area contributed by atoms with Gasteiger partial charge in [-0.2, -0.15) is 0 Å². The normalized spacial score (nSPS) is 34.0. The molecule has 0 aromatic heterocycles. The van der Waals surface area contributed by atoms with E-state index in [-0.39, 0.29) is 24.9 Å². The van der Waals surface area contributed by atoms with Crippen LogP contribution in [0.15, 0.2) is 36.4 Å². The second-order valence-corrected chi connectivity index (χ2v) is 14.4. The van der Waals surface area contributed by atoms with Crippen LogP contribution in [0.3, 0.4) is 0 Å². The van der Waals surface area contributed by atoms with Crippen molar-refractivity contribution in [2.45, 2.75) is 105 Å². The van der Waals surface area contributed by atoms with Crippen molar-refractivity contribution in [3.63, 3.8) is 0 Å². The summed E-state index contributed by atoms with van der Waals surface area (Å²) in [5.41, 5.74) is 4.99. The highest BCUT2D eigenvalue weighted by Crippen LogP contribution is 2.54. The average molecular weight is 704 g/mol. The number of carbonyl (C=O) groups excluding carboxylic acids is 1. The standard InChI is InChI=1S/C39H45NO11/c41-17-12-30-34(45)36(47)32(43)28(50-30)10-6-21-4-8-24-25-9-5-22(7-11-29-33(44)37(48)35(46)31(20-42)51-29)19-27(25)39(26(24)18-21)13-15-40(16-14-39)38(49)23-2-1-3-23/h4-5,8-9,18-19,23,28-37,41-48H,1-3,12-17,20H2/t28-,29-,30-,31-,32-,33-,34-,35-,36-,37-/m1/s1. The molecule has 1 saturated carbocycles. The minimum Gasteiger partial charge on any atom is -0.396 e. The molecule has 8 N–H and O–H groups in total. The second-order valence-electron chi connectivity index (χ2n) is 14.4. The largest absolute Gasteiger partial charge is 0.396 e. The zero-order valence-electron chi connectivity index (χ0n) is 28.1. The summed E-state index contributed by atoms with van der Waals surface area (Å²) in [6.45, 7) is 0.362. The van der Waals surface area contributed by atoms with Gasteiger partial charge >= 0.3 is 0 Å². The van der Waals surface area contributed by atoms with Crippen LogP contribution in [0.25, 0.3) is 11.1 Å². The zero-order chi connectivity index (χ0) is 36.0. The minimum atomic E-state index is -1.52. The highest BCUT2D eigenvalue weighted by Gasteiger charge is 2.47. The van der Waals surface area contributed by atoms with Crippen LogP contribution in [0.5, 0.6) is 0 Å². The van der Waals surface area contributed by atoms with Gasteiger partial charge in [0.25, 0.3) is 0 Å². The second kappa shape index (κ2) is 14.6. The molecule has 4 fully saturated rings. The van der Waals surface area contributed by atoms with Crippen LogP contribution in [0.1, 0.15) is 60.8 Å². The van der Waals surface area contributed by atoms with E-state index < -0.39 is 73.1 Å². The summed E-state index contributed by atoms with van der Waals surface area (Å²) >= 11 is 0. The first kappa shape index (κ1) is 36.0. The van der Waals surface area contributed by atoms with Crippen LogP contribution in [-0.4, -0.2) is 139 Å². The van der Waals surface area contributed by atoms with E-state index >= 15 is 0 Å². The molecular formula is C39H45NO11. The topological polar surface area (TPSA) is 201 Å². The Kier molecular flexibility index (Phi) is 10.3. The molecule has 2 aromatic carbocycles.